The first-order chi connectivity index (χ1) is 11.3. The summed E-state index contributed by atoms with van der Waals surface area (Å²) in [7, 11) is 0. The molecule has 2 heterocycles. The van der Waals surface area contributed by atoms with Crippen molar-refractivity contribution in [1.82, 2.24) is 14.9 Å². The fraction of sp³-hybridized carbons (Fsp3) is 0.350. The summed E-state index contributed by atoms with van der Waals surface area (Å²) in [5.41, 5.74) is 4.94. The summed E-state index contributed by atoms with van der Waals surface area (Å²) in [6.45, 7) is 4.31. The van der Waals surface area contributed by atoms with Crippen LogP contribution in [0.25, 0.3) is 11.0 Å². The number of hydrogen-bond donors (Lipinski definition) is 1. The number of rotatable bonds is 3. The summed E-state index contributed by atoms with van der Waals surface area (Å²) in [6, 6.07) is 17.6. The number of likely N-dealkylation sites (tertiary alicyclic amines) is 1. The van der Waals surface area contributed by atoms with Crippen LogP contribution in [0.15, 0.2) is 48.5 Å². The molecular formula is C20H23N3. The van der Waals surface area contributed by atoms with Crippen molar-refractivity contribution >= 4 is 11.0 Å². The Morgan fingerprint density at radius 1 is 1.13 bits per heavy atom. The monoisotopic (exact) mass is 305 g/mol. The Bertz CT molecular complexity index is 772. The van der Waals surface area contributed by atoms with E-state index in [1.165, 1.54) is 30.4 Å². The molecule has 1 aliphatic rings. The van der Waals surface area contributed by atoms with Crippen molar-refractivity contribution in [3.8, 4) is 0 Å². The molecule has 118 valence electrons. The lowest BCUT2D eigenvalue weighted by Crippen LogP contribution is -2.33. The predicted molar refractivity (Wildman–Crippen MR) is 94.3 cm³/mol. The van der Waals surface area contributed by atoms with E-state index in [2.05, 4.69) is 65.3 Å². The summed E-state index contributed by atoms with van der Waals surface area (Å²) in [5, 5.41) is 0. The number of aromatic nitrogens is 2. The zero-order valence-corrected chi connectivity index (χ0v) is 13.6. The van der Waals surface area contributed by atoms with Crippen LogP contribution in [-0.2, 0) is 6.54 Å². The summed E-state index contributed by atoms with van der Waals surface area (Å²) >= 11 is 0. The average molecular weight is 305 g/mol. The topological polar surface area (TPSA) is 31.9 Å². The van der Waals surface area contributed by atoms with Crippen molar-refractivity contribution < 1.29 is 0 Å². The first-order valence-corrected chi connectivity index (χ1v) is 8.54. The van der Waals surface area contributed by atoms with Gasteiger partial charge in [-0.1, -0.05) is 48.4 Å². The van der Waals surface area contributed by atoms with Gasteiger partial charge >= 0.3 is 0 Å². The van der Waals surface area contributed by atoms with E-state index in [0.29, 0.717) is 6.04 Å². The van der Waals surface area contributed by atoms with Crippen LogP contribution in [0.2, 0.25) is 0 Å². The minimum absolute atomic E-state index is 0.400. The molecule has 1 fully saturated rings. The molecule has 1 N–H and O–H groups in total. The molecule has 0 aliphatic carbocycles. The van der Waals surface area contributed by atoms with E-state index in [0.717, 1.165) is 29.9 Å². The van der Waals surface area contributed by atoms with Crippen LogP contribution in [0.5, 0.6) is 0 Å². The number of imidazole rings is 1. The first-order valence-electron chi connectivity index (χ1n) is 8.54. The molecule has 3 nitrogen and oxygen atoms in total. The number of H-pyrrole nitrogens is 1. The largest absolute Gasteiger partial charge is 0.341 e. The normalized spacial score (nSPS) is 19.3. The van der Waals surface area contributed by atoms with E-state index in [1.54, 1.807) is 0 Å². The Kier molecular flexibility index (Phi) is 3.88. The Balaban J connectivity index is 1.62. The van der Waals surface area contributed by atoms with Gasteiger partial charge in [-0.15, -0.1) is 0 Å². The van der Waals surface area contributed by atoms with Gasteiger partial charge in [-0.25, -0.2) is 4.98 Å². The quantitative estimate of drug-likeness (QED) is 0.767. The van der Waals surface area contributed by atoms with Gasteiger partial charge in [0.1, 0.15) is 5.82 Å². The van der Waals surface area contributed by atoms with Crippen LogP contribution in [-0.4, -0.2) is 21.4 Å². The van der Waals surface area contributed by atoms with E-state index >= 15 is 0 Å². The molecule has 1 aliphatic heterocycles. The molecule has 3 aromatic rings. The standard InChI is InChI=1S/C20H23N3/c1-15-7-6-8-16(13-15)14-23-12-5-4-11-19(23)20-21-17-9-2-3-10-18(17)22-20/h2-3,6-10,13,19H,4-5,11-12,14H2,1H3,(H,21,22). The number of piperidine rings is 1. The van der Waals surface area contributed by atoms with E-state index in [9.17, 15) is 0 Å². The summed E-state index contributed by atoms with van der Waals surface area (Å²) in [5.74, 6) is 1.12. The molecule has 1 unspecified atom stereocenters. The van der Waals surface area contributed by atoms with Crippen molar-refractivity contribution in [3.63, 3.8) is 0 Å². The van der Waals surface area contributed by atoms with Crippen molar-refractivity contribution in [2.24, 2.45) is 0 Å². The predicted octanol–water partition coefficient (Wildman–Crippen LogP) is 4.60. The lowest BCUT2D eigenvalue weighted by atomic mass is 10.00. The van der Waals surface area contributed by atoms with Crippen LogP contribution in [0, 0.1) is 6.92 Å². The third-order valence-electron chi connectivity index (χ3n) is 4.81. The molecule has 3 heteroatoms. The van der Waals surface area contributed by atoms with Gasteiger partial charge in [-0.2, -0.15) is 0 Å². The first kappa shape index (κ1) is 14.5. The fourth-order valence-corrected chi connectivity index (χ4v) is 3.67. The molecule has 1 aromatic heterocycles. The Morgan fingerprint density at radius 3 is 2.91 bits per heavy atom. The van der Waals surface area contributed by atoms with Gasteiger partial charge in [-0.05, 0) is 44.0 Å². The molecule has 2 aromatic carbocycles. The number of nitrogens with zero attached hydrogens (tertiary/aromatic N) is 2. The van der Waals surface area contributed by atoms with Crippen molar-refractivity contribution in [1.29, 1.82) is 0 Å². The second-order valence-electron chi connectivity index (χ2n) is 6.61. The summed E-state index contributed by atoms with van der Waals surface area (Å²) in [6.07, 6.45) is 3.75. The number of fused-ring (bicyclic) bond motifs is 1. The Hall–Kier alpha value is -2.13. The molecule has 0 saturated carbocycles. The van der Waals surface area contributed by atoms with E-state index in [4.69, 9.17) is 4.98 Å². The van der Waals surface area contributed by atoms with Crippen molar-refractivity contribution in [3.05, 3.63) is 65.5 Å². The molecule has 4 rings (SSSR count). The van der Waals surface area contributed by atoms with Crippen LogP contribution >= 0.6 is 0 Å². The molecule has 1 saturated heterocycles. The maximum absolute atomic E-state index is 4.85. The number of hydrogen-bond acceptors (Lipinski definition) is 2. The lowest BCUT2D eigenvalue weighted by molar-refractivity contribution is 0.134. The van der Waals surface area contributed by atoms with Crippen molar-refractivity contribution in [2.45, 2.75) is 38.8 Å². The maximum atomic E-state index is 4.85. The van der Waals surface area contributed by atoms with Gasteiger partial charge in [0.25, 0.3) is 0 Å². The smallest absolute Gasteiger partial charge is 0.124 e. The minimum atomic E-state index is 0.400. The Morgan fingerprint density at radius 2 is 2.04 bits per heavy atom. The highest BCUT2D eigenvalue weighted by atomic mass is 15.2. The van der Waals surface area contributed by atoms with Gasteiger partial charge < -0.3 is 4.98 Å². The van der Waals surface area contributed by atoms with Gasteiger partial charge in [0.2, 0.25) is 0 Å². The molecule has 0 bridgehead atoms. The van der Waals surface area contributed by atoms with Crippen LogP contribution in [0.1, 0.15) is 42.3 Å². The molecular weight excluding hydrogens is 282 g/mol. The second kappa shape index (κ2) is 6.17. The molecule has 1 atom stereocenters. The lowest BCUT2D eigenvalue weighted by Gasteiger charge is -2.34. The van der Waals surface area contributed by atoms with Crippen molar-refractivity contribution in [2.75, 3.05) is 6.54 Å². The highest BCUT2D eigenvalue weighted by molar-refractivity contribution is 5.74. The third kappa shape index (κ3) is 3.02. The molecule has 0 spiro atoms. The van der Waals surface area contributed by atoms with Crippen LogP contribution in [0.4, 0.5) is 0 Å². The second-order valence-corrected chi connectivity index (χ2v) is 6.61. The number of para-hydroxylation sites is 2. The van der Waals surface area contributed by atoms with Gasteiger partial charge in [0, 0.05) is 6.54 Å². The summed E-state index contributed by atoms with van der Waals surface area (Å²) in [4.78, 5) is 11.0. The summed E-state index contributed by atoms with van der Waals surface area (Å²) < 4.78 is 0. The molecule has 23 heavy (non-hydrogen) atoms. The fourth-order valence-electron chi connectivity index (χ4n) is 3.67. The Labute approximate surface area is 137 Å². The average Bonchev–Trinajstić information content (AvgIpc) is 2.99. The number of nitrogens with one attached hydrogen (secondary N) is 1. The zero-order chi connectivity index (χ0) is 15.6. The minimum Gasteiger partial charge on any atom is -0.341 e. The zero-order valence-electron chi connectivity index (χ0n) is 13.6. The number of aryl methyl sites for hydroxylation is 1. The molecule has 0 amide bonds. The van der Waals surface area contributed by atoms with Gasteiger partial charge in [0.15, 0.2) is 0 Å². The highest BCUT2D eigenvalue weighted by Crippen LogP contribution is 2.31. The molecule has 0 radical (unpaired) electrons. The number of aromatic amines is 1. The van der Waals surface area contributed by atoms with E-state index in [-0.39, 0.29) is 0 Å². The van der Waals surface area contributed by atoms with Gasteiger partial charge in [-0.3, -0.25) is 4.90 Å². The van der Waals surface area contributed by atoms with E-state index < -0.39 is 0 Å². The van der Waals surface area contributed by atoms with E-state index in [1.807, 2.05) is 0 Å². The van der Waals surface area contributed by atoms with Crippen LogP contribution < -0.4 is 0 Å². The third-order valence-corrected chi connectivity index (χ3v) is 4.81. The number of benzene rings is 2. The highest BCUT2D eigenvalue weighted by Gasteiger charge is 2.26. The SMILES string of the molecule is Cc1cccc(CN2CCCCC2c2nc3ccccc3[nH]2)c1. The van der Waals surface area contributed by atoms with Gasteiger partial charge in [0.05, 0.1) is 17.1 Å². The van der Waals surface area contributed by atoms with Crippen LogP contribution in [0.3, 0.4) is 0 Å². The maximum Gasteiger partial charge on any atom is 0.124 e.